The van der Waals surface area contributed by atoms with Crippen LogP contribution in [0.2, 0.25) is 0 Å². The summed E-state index contributed by atoms with van der Waals surface area (Å²) in [4.78, 5) is 36.0. The van der Waals surface area contributed by atoms with Crippen molar-refractivity contribution in [3.63, 3.8) is 0 Å². The molecule has 7 heteroatoms. The number of likely N-dealkylation sites (tertiary alicyclic amines) is 1. The summed E-state index contributed by atoms with van der Waals surface area (Å²) in [6.45, 7) is 1.01. The van der Waals surface area contributed by atoms with E-state index in [9.17, 15) is 14.4 Å². The van der Waals surface area contributed by atoms with E-state index in [1.807, 2.05) is 42.5 Å². The number of amides is 2. The Morgan fingerprint density at radius 2 is 2.04 bits per heavy atom. The largest absolute Gasteiger partial charge is 0.481 e. The molecule has 0 unspecified atom stereocenters. The van der Waals surface area contributed by atoms with Crippen molar-refractivity contribution in [2.75, 3.05) is 13.2 Å². The number of ether oxygens (including phenoxy) is 1. The van der Waals surface area contributed by atoms with Crippen LogP contribution in [-0.2, 0) is 20.9 Å². The number of benzene rings is 1. The SMILES string of the molecule is O=C(O)CCC/C=C\CN1C(=O)CC[C@@H]1COC(=O)NCc1ccccc1. The minimum atomic E-state index is -0.805. The lowest BCUT2D eigenvalue weighted by molar-refractivity contribution is -0.137. The number of alkyl carbamates (subject to hydrolysis) is 1. The molecule has 1 fully saturated rings. The zero-order valence-electron chi connectivity index (χ0n) is 15.3. The van der Waals surface area contributed by atoms with Crippen LogP contribution < -0.4 is 5.32 Å². The number of rotatable bonds is 10. The first kappa shape index (κ1) is 20.5. The van der Waals surface area contributed by atoms with Crippen LogP contribution in [0.4, 0.5) is 4.79 Å². The van der Waals surface area contributed by atoms with Crippen molar-refractivity contribution in [3.05, 3.63) is 48.0 Å². The molecule has 1 heterocycles. The average Bonchev–Trinajstić information content (AvgIpc) is 3.01. The second kappa shape index (κ2) is 11.0. The van der Waals surface area contributed by atoms with E-state index in [2.05, 4.69) is 5.32 Å². The number of carbonyl (C=O) groups is 3. The summed E-state index contributed by atoms with van der Waals surface area (Å²) in [5.41, 5.74) is 0.986. The van der Waals surface area contributed by atoms with Gasteiger partial charge in [-0.15, -0.1) is 0 Å². The van der Waals surface area contributed by atoms with E-state index >= 15 is 0 Å². The van der Waals surface area contributed by atoms with Crippen molar-refractivity contribution in [1.29, 1.82) is 0 Å². The molecule has 1 aliphatic rings. The highest BCUT2D eigenvalue weighted by Crippen LogP contribution is 2.19. The zero-order chi connectivity index (χ0) is 19.5. The summed E-state index contributed by atoms with van der Waals surface area (Å²) in [7, 11) is 0. The van der Waals surface area contributed by atoms with Crippen LogP contribution in [0.5, 0.6) is 0 Å². The summed E-state index contributed by atoms with van der Waals surface area (Å²) in [5.74, 6) is -0.760. The quantitative estimate of drug-likeness (QED) is 0.485. The third kappa shape index (κ3) is 7.52. The molecule has 0 aliphatic carbocycles. The third-order valence-corrected chi connectivity index (χ3v) is 4.37. The van der Waals surface area contributed by atoms with Crippen molar-refractivity contribution in [3.8, 4) is 0 Å². The number of allylic oxidation sites excluding steroid dienone is 1. The van der Waals surface area contributed by atoms with Crippen molar-refractivity contribution in [1.82, 2.24) is 10.2 Å². The highest BCUT2D eigenvalue weighted by atomic mass is 16.5. The van der Waals surface area contributed by atoms with Crippen LogP contribution in [-0.4, -0.2) is 47.2 Å². The fraction of sp³-hybridized carbons (Fsp3) is 0.450. The molecule has 7 nitrogen and oxygen atoms in total. The number of carboxylic acids is 1. The first-order chi connectivity index (χ1) is 13.1. The number of hydrogen-bond acceptors (Lipinski definition) is 4. The van der Waals surface area contributed by atoms with E-state index in [0.29, 0.717) is 38.8 Å². The third-order valence-electron chi connectivity index (χ3n) is 4.37. The van der Waals surface area contributed by atoms with Crippen molar-refractivity contribution < 1.29 is 24.2 Å². The maximum atomic E-state index is 12.0. The van der Waals surface area contributed by atoms with Gasteiger partial charge in [0.05, 0.1) is 6.04 Å². The summed E-state index contributed by atoms with van der Waals surface area (Å²) in [5, 5.41) is 11.3. The monoisotopic (exact) mass is 374 g/mol. The van der Waals surface area contributed by atoms with Gasteiger partial charge in [-0.2, -0.15) is 0 Å². The van der Waals surface area contributed by atoms with Crippen LogP contribution in [0.15, 0.2) is 42.5 Å². The van der Waals surface area contributed by atoms with Crippen LogP contribution >= 0.6 is 0 Å². The maximum Gasteiger partial charge on any atom is 0.407 e. The number of hydrogen-bond donors (Lipinski definition) is 2. The van der Waals surface area contributed by atoms with E-state index in [0.717, 1.165) is 5.56 Å². The Morgan fingerprint density at radius 3 is 2.78 bits per heavy atom. The Bertz CT molecular complexity index is 660. The molecule has 1 aliphatic heterocycles. The summed E-state index contributed by atoms with van der Waals surface area (Å²) >= 11 is 0. The summed E-state index contributed by atoms with van der Waals surface area (Å²) < 4.78 is 5.26. The topological polar surface area (TPSA) is 95.9 Å². The highest BCUT2D eigenvalue weighted by Gasteiger charge is 2.30. The van der Waals surface area contributed by atoms with E-state index in [-0.39, 0.29) is 25.0 Å². The average molecular weight is 374 g/mol. The maximum absolute atomic E-state index is 12.0. The molecule has 2 amide bonds. The zero-order valence-corrected chi connectivity index (χ0v) is 15.3. The number of carbonyl (C=O) groups excluding carboxylic acids is 2. The Morgan fingerprint density at radius 1 is 1.26 bits per heavy atom. The van der Waals surface area contributed by atoms with Crippen LogP contribution in [0.3, 0.4) is 0 Å². The molecule has 1 atom stereocenters. The fourth-order valence-electron chi connectivity index (χ4n) is 2.89. The van der Waals surface area contributed by atoms with E-state index in [1.54, 1.807) is 4.90 Å². The summed E-state index contributed by atoms with van der Waals surface area (Å²) in [6.07, 6.45) is 5.76. The highest BCUT2D eigenvalue weighted by molar-refractivity contribution is 5.79. The molecule has 0 spiro atoms. The molecule has 27 heavy (non-hydrogen) atoms. The standard InChI is InChI=1S/C20H26N2O5/c23-18-12-11-17(22(18)13-7-2-1-6-10-19(24)25)15-27-20(26)21-14-16-8-4-3-5-9-16/h2-5,7-9,17H,1,6,10-15H2,(H,21,26)(H,24,25)/b7-2-/t17-/m1/s1. The predicted molar refractivity (Wildman–Crippen MR) is 100.0 cm³/mol. The molecule has 2 N–H and O–H groups in total. The number of aliphatic carboxylic acids is 1. The molecular weight excluding hydrogens is 348 g/mol. The normalized spacial score (nSPS) is 16.7. The molecular formula is C20H26N2O5. The Labute approximate surface area is 159 Å². The number of carboxylic acid groups (broad SMARTS) is 1. The first-order valence-electron chi connectivity index (χ1n) is 9.17. The van der Waals surface area contributed by atoms with Crippen molar-refractivity contribution in [2.45, 2.75) is 44.7 Å². The van der Waals surface area contributed by atoms with Gasteiger partial charge in [-0.3, -0.25) is 9.59 Å². The number of nitrogens with one attached hydrogen (secondary N) is 1. The number of unbranched alkanes of at least 4 members (excludes halogenated alkanes) is 1. The second-order valence-corrected chi connectivity index (χ2v) is 6.43. The lowest BCUT2D eigenvalue weighted by Gasteiger charge is -2.23. The minimum absolute atomic E-state index is 0.0449. The van der Waals surface area contributed by atoms with E-state index in [4.69, 9.17) is 9.84 Å². The smallest absolute Gasteiger partial charge is 0.407 e. The Balaban J connectivity index is 1.69. The Hall–Kier alpha value is -2.83. The predicted octanol–water partition coefficient (Wildman–Crippen LogP) is 2.71. The molecule has 1 aromatic rings. The van der Waals surface area contributed by atoms with Crippen molar-refractivity contribution in [2.24, 2.45) is 0 Å². The minimum Gasteiger partial charge on any atom is -0.481 e. The van der Waals surface area contributed by atoms with Crippen LogP contribution in [0.25, 0.3) is 0 Å². The van der Waals surface area contributed by atoms with Gasteiger partial charge >= 0.3 is 12.1 Å². The lowest BCUT2D eigenvalue weighted by Crippen LogP contribution is -2.38. The van der Waals surface area contributed by atoms with Gasteiger partial charge in [-0.05, 0) is 24.8 Å². The van der Waals surface area contributed by atoms with Gasteiger partial charge in [0.1, 0.15) is 6.61 Å². The molecule has 1 saturated heterocycles. The van der Waals surface area contributed by atoms with Crippen LogP contribution in [0, 0.1) is 0 Å². The second-order valence-electron chi connectivity index (χ2n) is 6.43. The van der Waals surface area contributed by atoms with E-state index < -0.39 is 12.1 Å². The lowest BCUT2D eigenvalue weighted by atomic mass is 10.2. The van der Waals surface area contributed by atoms with Gasteiger partial charge < -0.3 is 20.1 Å². The van der Waals surface area contributed by atoms with E-state index in [1.165, 1.54) is 0 Å². The first-order valence-corrected chi connectivity index (χ1v) is 9.17. The van der Waals surface area contributed by atoms with Gasteiger partial charge in [-0.25, -0.2) is 4.79 Å². The molecule has 0 radical (unpaired) electrons. The Kier molecular flexibility index (Phi) is 8.35. The van der Waals surface area contributed by atoms with Gasteiger partial charge in [0.25, 0.3) is 0 Å². The van der Waals surface area contributed by atoms with Gasteiger partial charge in [0, 0.05) is 25.9 Å². The fourth-order valence-corrected chi connectivity index (χ4v) is 2.89. The molecule has 146 valence electrons. The van der Waals surface area contributed by atoms with Gasteiger partial charge in [-0.1, -0.05) is 42.5 Å². The summed E-state index contributed by atoms with van der Waals surface area (Å²) in [6, 6.07) is 9.43. The van der Waals surface area contributed by atoms with Gasteiger partial charge in [0.2, 0.25) is 5.91 Å². The molecule has 0 saturated carbocycles. The number of nitrogens with zero attached hydrogens (tertiary/aromatic N) is 1. The molecule has 0 bridgehead atoms. The molecule has 2 rings (SSSR count). The molecule has 1 aromatic carbocycles. The molecule has 0 aromatic heterocycles. The van der Waals surface area contributed by atoms with Gasteiger partial charge in [0.15, 0.2) is 0 Å². The van der Waals surface area contributed by atoms with Crippen molar-refractivity contribution >= 4 is 18.0 Å². The van der Waals surface area contributed by atoms with Crippen LogP contribution in [0.1, 0.15) is 37.7 Å².